The van der Waals surface area contributed by atoms with Gasteiger partial charge in [0.2, 0.25) is 15.9 Å². The first kappa shape index (κ1) is 26.2. The molecule has 8 nitrogen and oxygen atoms in total. The van der Waals surface area contributed by atoms with Crippen LogP contribution in [0.2, 0.25) is 0 Å². The van der Waals surface area contributed by atoms with E-state index in [1.165, 1.54) is 18.2 Å². The highest BCUT2D eigenvalue weighted by molar-refractivity contribution is 7.89. The number of nitrogens with two attached hydrogens (primary N) is 1. The molecule has 2 saturated heterocycles. The predicted molar refractivity (Wildman–Crippen MR) is 125 cm³/mol. The van der Waals surface area contributed by atoms with E-state index >= 15 is 0 Å². The van der Waals surface area contributed by atoms with Crippen LogP contribution < -0.4 is 14.9 Å². The van der Waals surface area contributed by atoms with Gasteiger partial charge in [-0.15, -0.1) is 0 Å². The molecule has 0 spiro atoms. The molecule has 2 aliphatic heterocycles. The van der Waals surface area contributed by atoms with Gasteiger partial charge >= 0.3 is 6.18 Å². The first-order valence-electron chi connectivity index (χ1n) is 11.3. The van der Waals surface area contributed by atoms with E-state index in [1.807, 2.05) is 4.90 Å². The highest BCUT2D eigenvalue weighted by Gasteiger charge is 2.34. The third-order valence-corrected chi connectivity index (χ3v) is 7.24. The van der Waals surface area contributed by atoms with Crippen LogP contribution >= 0.6 is 0 Å². The van der Waals surface area contributed by atoms with Gasteiger partial charge in [0.1, 0.15) is 5.82 Å². The van der Waals surface area contributed by atoms with Crippen LogP contribution in [0.3, 0.4) is 0 Å². The van der Waals surface area contributed by atoms with Crippen molar-refractivity contribution in [2.75, 3.05) is 62.3 Å². The SMILES string of the molecule is NS(=O)(=O)c1ccc(N2CCOCC2)c(CC(=O)N2CCN(c3ccc(C(F)(F)F)c(F)c3)CC2)c1. The quantitative estimate of drug-likeness (QED) is 0.596. The molecule has 0 aliphatic carbocycles. The molecule has 4 rings (SSSR count). The van der Waals surface area contributed by atoms with Gasteiger partial charge in [-0.05, 0) is 42.0 Å². The number of hydrogen-bond donors (Lipinski definition) is 1. The van der Waals surface area contributed by atoms with Gasteiger partial charge in [0.05, 0.1) is 30.1 Å². The van der Waals surface area contributed by atoms with Gasteiger partial charge in [0.15, 0.2) is 0 Å². The molecule has 0 aromatic heterocycles. The van der Waals surface area contributed by atoms with Crippen molar-refractivity contribution in [3.63, 3.8) is 0 Å². The van der Waals surface area contributed by atoms with Crippen molar-refractivity contribution < 1.29 is 35.5 Å². The van der Waals surface area contributed by atoms with Crippen molar-refractivity contribution in [1.29, 1.82) is 0 Å². The summed E-state index contributed by atoms with van der Waals surface area (Å²) in [5.74, 6) is -1.57. The van der Waals surface area contributed by atoms with Gasteiger partial charge in [-0.2, -0.15) is 13.2 Å². The Kier molecular flexibility index (Phi) is 7.43. The maximum Gasteiger partial charge on any atom is 0.419 e. The van der Waals surface area contributed by atoms with Crippen LogP contribution in [-0.4, -0.2) is 71.7 Å². The van der Waals surface area contributed by atoms with Crippen molar-refractivity contribution >= 4 is 27.3 Å². The minimum Gasteiger partial charge on any atom is -0.378 e. The van der Waals surface area contributed by atoms with Crippen molar-refractivity contribution in [2.45, 2.75) is 17.5 Å². The Labute approximate surface area is 206 Å². The molecule has 196 valence electrons. The molecule has 0 unspecified atom stereocenters. The smallest absolute Gasteiger partial charge is 0.378 e. The number of hydrogen-bond acceptors (Lipinski definition) is 6. The van der Waals surface area contributed by atoms with Crippen LogP contribution in [0.15, 0.2) is 41.3 Å². The summed E-state index contributed by atoms with van der Waals surface area (Å²) >= 11 is 0. The molecule has 2 N–H and O–H groups in total. The fraction of sp³-hybridized carbons (Fsp3) is 0.435. The van der Waals surface area contributed by atoms with Gasteiger partial charge in [-0.1, -0.05) is 0 Å². The molecular formula is C23H26F4N4O4S. The van der Waals surface area contributed by atoms with Gasteiger partial charge in [-0.25, -0.2) is 17.9 Å². The van der Waals surface area contributed by atoms with Crippen molar-refractivity contribution in [1.82, 2.24) is 4.90 Å². The van der Waals surface area contributed by atoms with Crippen LogP contribution in [-0.2, 0) is 32.2 Å². The molecule has 0 radical (unpaired) electrons. The number of carbonyl (C=O) groups excluding carboxylic acids is 1. The van der Waals surface area contributed by atoms with E-state index in [4.69, 9.17) is 9.88 Å². The highest BCUT2D eigenvalue weighted by atomic mass is 32.2. The number of halogens is 4. The minimum absolute atomic E-state index is 0.0506. The molecule has 2 aromatic carbocycles. The van der Waals surface area contributed by atoms with Crippen LogP contribution in [0.1, 0.15) is 11.1 Å². The molecule has 2 fully saturated rings. The highest BCUT2D eigenvalue weighted by Crippen LogP contribution is 2.33. The zero-order valence-electron chi connectivity index (χ0n) is 19.3. The van der Waals surface area contributed by atoms with E-state index in [1.54, 1.807) is 15.9 Å². The molecule has 0 atom stereocenters. The minimum atomic E-state index is -4.77. The van der Waals surface area contributed by atoms with Crippen molar-refractivity contribution in [3.05, 3.63) is 53.3 Å². The van der Waals surface area contributed by atoms with Crippen LogP contribution in [0.5, 0.6) is 0 Å². The number of piperazine rings is 1. The normalized spacial score (nSPS) is 17.4. The Morgan fingerprint density at radius 3 is 2.19 bits per heavy atom. The summed E-state index contributed by atoms with van der Waals surface area (Å²) in [4.78, 5) is 18.4. The summed E-state index contributed by atoms with van der Waals surface area (Å²) in [6.45, 7) is 3.39. The number of nitrogens with zero attached hydrogens (tertiary/aromatic N) is 3. The lowest BCUT2D eigenvalue weighted by atomic mass is 10.1. The molecule has 1 amide bonds. The summed E-state index contributed by atoms with van der Waals surface area (Å²) in [6.07, 6.45) is -4.82. The number of morpholine rings is 1. The summed E-state index contributed by atoms with van der Waals surface area (Å²) in [6, 6.07) is 7.26. The van der Waals surface area contributed by atoms with E-state index < -0.39 is 27.6 Å². The maximum absolute atomic E-state index is 14.0. The summed E-state index contributed by atoms with van der Waals surface area (Å²) in [7, 11) is -3.96. The van der Waals surface area contributed by atoms with E-state index in [2.05, 4.69) is 0 Å². The molecule has 36 heavy (non-hydrogen) atoms. The Balaban J connectivity index is 1.46. The van der Waals surface area contributed by atoms with Gasteiger partial charge < -0.3 is 19.4 Å². The first-order valence-corrected chi connectivity index (χ1v) is 12.9. The third kappa shape index (κ3) is 5.90. The number of sulfonamides is 1. The lowest BCUT2D eigenvalue weighted by Gasteiger charge is -2.36. The van der Waals surface area contributed by atoms with E-state index in [0.29, 0.717) is 56.7 Å². The third-order valence-electron chi connectivity index (χ3n) is 6.33. The van der Waals surface area contributed by atoms with Gasteiger partial charge in [-0.3, -0.25) is 4.79 Å². The second kappa shape index (κ2) is 10.2. The van der Waals surface area contributed by atoms with E-state index in [0.717, 1.165) is 11.8 Å². The number of rotatable bonds is 5. The molecule has 2 heterocycles. The number of amides is 1. The number of ether oxygens (including phenoxy) is 1. The summed E-state index contributed by atoms with van der Waals surface area (Å²) in [5, 5.41) is 5.29. The average molecular weight is 531 g/mol. The first-order chi connectivity index (χ1) is 16.9. The largest absolute Gasteiger partial charge is 0.419 e. The van der Waals surface area contributed by atoms with Crippen LogP contribution in [0.4, 0.5) is 28.9 Å². The standard InChI is InChI=1S/C23H26F4N4O4S/c24-20-15-17(1-3-19(20)23(25,26)27)29-5-7-31(8-6-29)22(32)14-16-13-18(36(28,33)34)2-4-21(16)30-9-11-35-12-10-30/h1-4,13,15H,5-12,14H2,(H2,28,33,34). The number of primary sulfonamides is 1. The fourth-order valence-corrected chi connectivity index (χ4v) is 4.98. The van der Waals surface area contributed by atoms with Gasteiger partial charge in [0.25, 0.3) is 0 Å². The van der Waals surface area contributed by atoms with Crippen molar-refractivity contribution in [3.8, 4) is 0 Å². The zero-order chi connectivity index (χ0) is 26.1. The topological polar surface area (TPSA) is 96.2 Å². The number of anilines is 2. The van der Waals surface area contributed by atoms with E-state index in [-0.39, 0.29) is 30.3 Å². The molecule has 13 heteroatoms. The number of benzene rings is 2. The summed E-state index contributed by atoms with van der Waals surface area (Å²) < 4.78 is 81.6. The predicted octanol–water partition coefficient (Wildman–Crippen LogP) is 2.22. The van der Waals surface area contributed by atoms with Gasteiger partial charge in [0, 0.05) is 50.6 Å². The number of carbonyl (C=O) groups is 1. The zero-order valence-corrected chi connectivity index (χ0v) is 20.1. The Morgan fingerprint density at radius 1 is 0.944 bits per heavy atom. The Hall–Kier alpha value is -2.90. The van der Waals surface area contributed by atoms with Crippen LogP contribution in [0.25, 0.3) is 0 Å². The average Bonchev–Trinajstić information content (AvgIpc) is 2.83. The fourth-order valence-electron chi connectivity index (χ4n) is 4.41. The molecular weight excluding hydrogens is 504 g/mol. The Bertz CT molecular complexity index is 1230. The van der Waals surface area contributed by atoms with Crippen molar-refractivity contribution in [2.24, 2.45) is 5.14 Å². The Morgan fingerprint density at radius 2 is 1.61 bits per heavy atom. The van der Waals surface area contributed by atoms with Crippen LogP contribution in [0, 0.1) is 5.82 Å². The molecule has 2 aromatic rings. The molecule has 0 bridgehead atoms. The second-order valence-corrected chi connectivity index (χ2v) is 10.2. The molecule has 2 aliphatic rings. The maximum atomic E-state index is 14.0. The lowest BCUT2D eigenvalue weighted by Crippen LogP contribution is -2.49. The lowest BCUT2D eigenvalue weighted by molar-refractivity contribution is -0.140. The second-order valence-electron chi connectivity index (χ2n) is 8.64. The summed E-state index contributed by atoms with van der Waals surface area (Å²) in [5.41, 5.74) is 0.250. The number of alkyl halides is 3. The monoisotopic (exact) mass is 530 g/mol. The van der Waals surface area contributed by atoms with E-state index in [9.17, 15) is 30.8 Å². The molecule has 0 saturated carbocycles.